The summed E-state index contributed by atoms with van der Waals surface area (Å²) in [4.78, 5) is 0. The Bertz CT molecular complexity index is 793. The summed E-state index contributed by atoms with van der Waals surface area (Å²) in [7, 11) is 3.21. The predicted octanol–water partition coefficient (Wildman–Crippen LogP) is 3.52. The minimum Gasteiger partial charge on any atom is -0.497 e. The molecule has 0 aliphatic rings. The summed E-state index contributed by atoms with van der Waals surface area (Å²) in [5, 5.41) is 13.9. The van der Waals surface area contributed by atoms with Gasteiger partial charge in [0, 0.05) is 5.56 Å². The third-order valence-electron chi connectivity index (χ3n) is 3.66. The Balaban J connectivity index is 2.09. The van der Waals surface area contributed by atoms with Crippen LogP contribution in [-0.4, -0.2) is 24.5 Å². The Morgan fingerprint density at radius 2 is 1.74 bits per heavy atom. The van der Waals surface area contributed by atoms with E-state index in [-0.39, 0.29) is 6.61 Å². The average Bonchev–Trinajstić information content (AvgIpc) is 3.05. The quantitative estimate of drug-likeness (QED) is 0.781. The van der Waals surface area contributed by atoms with Gasteiger partial charge in [0.1, 0.15) is 17.2 Å². The van der Waals surface area contributed by atoms with E-state index in [1.807, 2.05) is 48.5 Å². The standard InChI is InChI=1S/C18H17NO4/c1-21-13-9-7-12(8-10-13)17-15(11-20)18(23-19-17)14-5-3-4-6-16(14)22-2/h3-10,20H,11H2,1-2H3. The normalized spacial score (nSPS) is 10.6. The van der Waals surface area contributed by atoms with Crippen molar-refractivity contribution in [3.63, 3.8) is 0 Å². The van der Waals surface area contributed by atoms with Crippen molar-refractivity contribution in [1.29, 1.82) is 0 Å². The highest BCUT2D eigenvalue weighted by Gasteiger charge is 2.20. The molecule has 0 saturated heterocycles. The molecule has 3 aromatic rings. The molecule has 23 heavy (non-hydrogen) atoms. The Kier molecular flexibility index (Phi) is 4.30. The van der Waals surface area contributed by atoms with Crippen molar-refractivity contribution in [3.8, 4) is 34.1 Å². The largest absolute Gasteiger partial charge is 0.497 e. The van der Waals surface area contributed by atoms with Gasteiger partial charge in [-0.25, -0.2) is 0 Å². The molecule has 5 heteroatoms. The fourth-order valence-electron chi connectivity index (χ4n) is 2.48. The zero-order chi connectivity index (χ0) is 16.2. The van der Waals surface area contributed by atoms with Crippen LogP contribution in [0.5, 0.6) is 11.5 Å². The van der Waals surface area contributed by atoms with Gasteiger partial charge in [0.2, 0.25) is 0 Å². The molecule has 118 valence electrons. The van der Waals surface area contributed by atoms with E-state index in [4.69, 9.17) is 14.0 Å². The van der Waals surface area contributed by atoms with Gasteiger partial charge in [-0.1, -0.05) is 17.3 Å². The number of aromatic nitrogens is 1. The molecule has 3 rings (SSSR count). The maximum Gasteiger partial charge on any atom is 0.176 e. The minimum absolute atomic E-state index is 0.182. The molecule has 0 amide bonds. The first-order chi connectivity index (χ1) is 11.3. The van der Waals surface area contributed by atoms with E-state index in [1.165, 1.54) is 0 Å². The molecule has 5 nitrogen and oxygen atoms in total. The second kappa shape index (κ2) is 6.54. The molecule has 2 aromatic carbocycles. The Morgan fingerprint density at radius 1 is 1.00 bits per heavy atom. The van der Waals surface area contributed by atoms with Gasteiger partial charge in [-0.3, -0.25) is 0 Å². The molecule has 1 N–H and O–H groups in total. The topological polar surface area (TPSA) is 64.7 Å². The summed E-state index contributed by atoms with van der Waals surface area (Å²) in [6.07, 6.45) is 0. The Labute approximate surface area is 134 Å². The molecule has 0 atom stereocenters. The highest BCUT2D eigenvalue weighted by atomic mass is 16.5. The van der Waals surface area contributed by atoms with Gasteiger partial charge >= 0.3 is 0 Å². The lowest BCUT2D eigenvalue weighted by molar-refractivity contribution is 0.281. The molecule has 0 spiro atoms. The number of aliphatic hydroxyl groups excluding tert-OH is 1. The molecule has 0 bridgehead atoms. The van der Waals surface area contributed by atoms with Crippen molar-refractivity contribution in [1.82, 2.24) is 5.16 Å². The summed E-state index contributed by atoms with van der Waals surface area (Å²) < 4.78 is 16.0. The van der Waals surface area contributed by atoms with Crippen molar-refractivity contribution in [2.75, 3.05) is 14.2 Å². The first-order valence-electron chi connectivity index (χ1n) is 7.15. The summed E-state index contributed by atoms with van der Waals surface area (Å²) >= 11 is 0. The van der Waals surface area contributed by atoms with Crippen molar-refractivity contribution in [3.05, 3.63) is 54.1 Å². The number of benzene rings is 2. The van der Waals surface area contributed by atoms with Crippen LogP contribution >= 0.6 is 0 Å². The number of hydrogen-bond donors (Lipinski definition) is 1. The smallest absolute Gasteiger partial charge is 0.176 e. The van der Waals surface area contributed by atoms with Crippen LogP contribution < -0.4 is 9.47 Å². The van der Waals surface area contributed by atoms with Crippen molar-refractivity contribution in [2.45, 2.75) is 6.61 Å². The second-order valence-electron chi connectivity index (χ2n) is 4.93. The third-order valence-corrected chi connectivity index (χ3v) is 3.66. The molecule has 1 heterocycles. The van der Waals surface area contributed by atoms with Gasteiger partial charge in [0.15, 0.2) is 5.76 Å². The molecule has 0 fully saturated rings. The minimum atomic E-state index is -0.182. The average molecular weight is 311 g/mol. The third kappa shape index (κ3) is 2.78. The summed E-state index contributed by atoms with van der Waals surface area (Å²) in [6, 6.07) is 14.9. The van der Waals surface area contributed by atoms with Crippen LogP contribution in [0.1, 0.15) is 5.56 Å². The number of ether oxygens (including phenoxy) is 2. The first kappa shape index (κ1) is 15.1. The van der Waals surface area contributed by atoms with Crippen LogP contribution in [-0.2, 0) is 6.61 Å². The molecule has 0 saturated carbocycles. The van der Waals surface area contributed by atoms with Crippen LogP contribution in [0, 0.1) is 0 Å². The van der Waals surface area contributed by atoms with E-state index < -0.39 is 0 Å². The number of para-hydroxylation sites is 1. The monoisotopic (exact) mass is 311 g/mol. The lowest BCUT2D eigenvalue weighted by Crippen LogP contribution is -1.92. The zero-order valence-electron chi connectivity index (χ0n) is 12.9. The maximum absolute atomic E-state index is 9.81. The van der Waals surface area contributed by atoms with Gasteiger partial charge in [-0.15, -0.1) is 0 Å². The lowest BCUT2D eigenvalue weighted by atomic mass is 10.0. The number of methoxy groups -OCH3 is 2. The Morgan fingerprint density at radius 3 is 2.39 bits per heavy atom. The highest BCUT2D eigenvalue weighted by molar-refractivity contribution is 5.75. The number of aliphatic hydroxyl groups is 1. The summed E-state index contributed by atoms with van der Waals surface area (Å²) in [5.41, 5.74) is 2.83. The molecular weight excluding hydrogens is 294 g/mol. The first-order valence-corrected chi connectivity index (χ1v) is 7.15. The van der Waals surface area contributed by atoms with E-state index >= 15 is 0 Å². The lowest BCUT2D eigenvalue weighted by Gasteiger charge is -2.06. The number of rotatable bonds is 5. The van der Waals surface area contributed by atoms with E-state index in [0.717, 1.165) is 16.9 Å². The summed E-state index contributed by atoms with van der Waals surface area (Å²) in [5.74, 6) is 1.93. The van der Waals surface area contributed by atoms with Gasteiger partial charge < -0.3 is 19.1 Å². The number of hydrogen-bond acceptors (Lipinski definition) is 5. The van der Waals surface area contributed by atoms with Crippen LogP contribution in [0.3, 0.4) is 0 Å². The van der Waals surface area contributed by atoms with Crippen LogP contribution in [0.4, 0.5) is 0 Å². The van der Waals surface area contributed by atoms with Gasteiger partial charge in [0.05, 0.1) is 32.0 Å². The van der Waals surface area contributed by atoms with Gasteiger partial charge in [-0.2, -0.15) is 0 Å². The predicted molar refractivity (Wildman–Crippen MR) is 86.4 cm³/mol. The zero-order valence-corrected chi connectivity index (χ0v) is 12.9. The van der Waals surface area contributed by atoms with E-state index in [0.29, 0.717) is 22.8 Å². The SMILES string of the molecule is COc1ccc(-c2noc(-c3ccccc3OC)c2CO)cc1. The molecule has 0 aliphatic carbocycles. The fourth-order valence-corrected chi connectivity index (χ4v) is 2.48. The van der Waals surface area contributed by atoms with Gasteiger partial charge in [0.25, 0.3) is 0 Å². The summed E-state index contributed by atoms with van der Waals surface area (Å²) in [6.45, 7) is -0.182. The van der Waals surface area contributed by atoms with E-state index in [2.05, 4.69) is 5.16 Å². The van der Waals surface area contributed by atoms with E-state index in [1.54, 1.807) is 14.2 Å². The molecule has 1 aromatic heterocycles. The molecule has 0 radical (unpaired) electrons. The maximum atomic E-state index is 9.81. The van der Waals surface area contributed by atoms with Crippen molar-refractivity contribution < 1.29 is 19.1 Å². The Hall–Kier alpha value is -2.79. The highest BCUT2D eigenvalue weighted by Crippen LogP contribution is 2.37. The number of nitrogens with zero attached hydrogens (tertiary/aromatic N) is 1. The van der Waals surface area contributed by atoms with Crippen LogP contribution in [0.25, 0.3) is 22.6 Å². The van der Waals surface area contributed by atoms with E-state index in [9.17, 15) is 5.11 Å². The van der Waals surface area contributed by atoms with Gasteiger partial charge in [-0.05, 0) is 36.4 Å². The molecule has 0 unspecified atom stereocenters. The van der Waals surface area contributed by atoms with Crippen molar-refractivity contribution in [2.24, 2.45) is 0 Å². The van der Waals surface area contributed by atoms with Crippen molar-refractivity contribution >= 4 is 0 Å². The second-order valence-corrected chi connectivity index (χ2v) is 4.93. The molecular formula is C18H17NO4. The fraction of sp³-hybridized carbons (Fsp3) is 0.167. The van der Waals surface area contributed by atoms with Crippen LogP contribution in [0.15, 0.2) is 53.1 Å². The molecule has 0 aliphatic heterocycles. The van der Waals surface area contributed by atoms with Crippen LogP contribution in [0.2, 0.25) is 0 Å².